The Hall–Kier alpha value is -1.71. The van der Waals surface area contributed by atoms with Gasteiger partial charge < -0.3 is 0 Å². The van der Waals surface area contributed by atoms with E-state index < -0.39 is 5.92 Å². The van der Waals surface area contributed by atoms with Crippen LogP contribution in [-0.4, -0.2) is 22.5 Å². The first kappa shape index (κ1) is 10.8. The summed E-state index contributed by atoms with van der Waals surface area (Å²) in [5.41, 5.74) is 0. The Morgan fingerprint density at radius 1 is 1.38 bits per heavy atom. The van der Waals surface area contributed by atoms with Gasteiger partial charge in [0, 0.05) is 6.20 Å². The summed E-state index contributed by atoms with van der Waals surface area (Å²) >= 11 is 0. The number of amidine groups is 1. The molecule has 0 saturated heterocycles. The highest BCUT2D eigenvalue weighted by molar-refractivity contribution is 6.19. The maximum absolute atomic E-state index is 12.0. The van der Waals surface area contributed by atoms with Gasteiger partial charge in [-0.3, -0.25) is 14.5 Å². The summed E-state index contributed by atoms with van der Waals surface area (Å²) in [6.07, 6.45) is 9.31. The molecule has 2 aliphatic heterocycles. The Labute approximate surface area is 94.3 Å². The first-order chi connectivity index (χ1) is 7.74. The van der Waals surface area contributed by atoms with E-state index in [4.69, 9.17) is 0 Å². The van der Waals surface area contributed by atoms with Crippen LogP contribution in [0.3, 0.4) is 0 Å². The third-order valence-corrected chi connectivity index (χ3v) is 2.74. The van der Waals surface area contributed by atoms with Crippen LogP contribution in [0.4, 0.5) is 0 Å². The lowest BCUT2D eigenvalue weighted by atomic mass is 9.98. The molecule has 0 aliphatic carbocycles. The lowest BCUT2D eigenvalue weighted by molar-refractivity contribution is -0.138. The van der Waals surface area contributed by atoms with Crippen molar-refractivity contribution in [2.24, 2.45) is 10.9 Å². The molecule has 0 N–H and O–H groups in total. The summed E-state index contributed by atoms with van der Waals surface area (Å²) in [7, 11) is 0. The molecule has 0 radical (unpaired) electrons. The summed E-state index contributed by atoms with van der Waals surface area (Å²) in [4.78, 5) is 29.1. The highest BCUT2D eigenvalue weighted by Gasteiger charge is 2.35. The molecule has 0 aromatic heterocycles. The van der Waals surface area contributed by atoms with Gasteiger partial charge in [-0.1, -0.05) is 25.8 Å². The summed E-state index contributed by atoms with van der Waals surface area (Å²) in [6.45, 7) is 2.04. The van der Waals surface area contributed by atoms with E-state index in [-0.39, 0.29) is 11.8 Å². The van der Waals surface area contributed by atoms with E-state index in [2.05, 4.69) is 4.99 Å². The van der Waals surface area contributed by atoms with Gasteiger partial charge in [-0.05, 0) is 18.6 Å². The SMILES string of the molecule is CCCC[C@@H]1C(=O)N=C2C=CC=CN2C1=O. The first-order valence-electron chi connectivity index (χ1n) is 5.54. The van der Waals surface area contributed by atoms with Crippen molar-refractivity contribution in [3.8, 4) is 0 Å². The van der Waals surface area contributed by atoms with Gasteiger partial charge in [0.15, 0.2) is 0 Å². The molecule has 84 valence electrons. The van der Waals surface area contributed by atoms with Gasteiger partial charge in [-0.15, -0.1) is 0 Å². The monoisotopic (exact) mass is 218 g/mol. The average Bonchev–Trinajstić information content (AvgIpc) is 2.29. The highest BCUT2D eigenvalue weighted by atomic mass is 16.2. The molecule has 1 atom stereocenters. The second kappa shape index (κ2) is 4.43. The molecule has 0 spiro atoms. The van der Waals surface area contributed by atoms with Gasteiger partial charge in [-0.2, -0.15) is 4.99 Å². The van der Waals surface area contributed by atoms with E-state index in [1.54, 1.807) is 24.4 Å². The summed E-state index contributed by atoms with van der Waals surface area (Å²) < 4.78 is 0. The Morgan fingerprint density at radius 2 is 2.19 bits per heavy atom. The van der Waals surface area contributed by atoms with Gasteiger partial charge in [-0.25, -0.2) is 0 Å². The molecular weight excluding hydrogens is 204 g/mol. The van der Waals surface area contributed by atoms with Crippen molar-refractivity contribution in [2.45, 2.75) is 26.2 Å². The highest BCUT2D eigenvalue weighted by Crippen LogP contribution is 2.21. The number of amides is 2. The zero-order valence-corrected chi connectivity index (χ0v) is 9.22. The molecule has 2 rings (SSSR count). The fraction of sp³-hybridized carbons (Fsp3) is 0.417. The zero-order chi connectivity index (χ0) is 11.5. The normalized spacial score (nSPS) is 23.4. The molecule has 0 unspecified atom stereocenters. The third kappa shape index (κ3) is 1.83. The first-order valence-corrected chi connectivity index (χ1v) is 5.54. The largest absolute Gasteiger partial charge is 0.273 e. The van der Waals surface area contributed by atoms with Crippen molar-refractivity contribution in [3.63, 3.8) is 0 Å². The standard InChI is InChI=1S/C12H14N2O2/c1-2-3-6-9-11(15)13-10-7-4-5-8-14(10)12(9)16/h4-5,7-9H,2-3,6H2,1H3/t9-/m1/s1. The van der Waals surface area contributed by atoms with E-state index in [0.29, 0.717) is 12.3 Å². The van der Waals surface area contributed by atoms with Crippen molar-refractivity contribution in [1.29, 1.82) is 0 Å². The van der Waals surface area contributed by atoms with Crippen LogP contribution in [0.1, 0.15) is 26.2 Å². The van der Waals surface area contributed by atoms with Gasteiger partial charge >= 0.3 is 0 Å². The number of hydrogen-bond donors (Lipinski definition) is 0. The maximum atomic E-state index is 12.0. The molecule has 0 saturated carbocycles. The molecule has 0 aromatic carbocycles. The lowest BCUT2D eigenvalue weighted by Gasteiger charge is -2.28. The molecule has 0 fully saturated rings. The van der Waals surface area contributed by atoms with Crippen molar-refractivity contribution < 1.29 is 9.59 Å². The predicted octanol–water partition coefficient (Wildman–Crippen LogP) is 1.64. The van der Waals surface area contributed by atoms with Crippen LogP contribution in [0, 0.1) is 5.92 Å². The molecule has 2 amide bonds. The Kier molecular flexibility index (Phi) is 2.99. The third-order valence-electron chi connectivity index (χ3n) is 2.74. The van der Waals surface area contributed by atoms with Crippen LogP contribution in [0.2, 0.25) is 0 Å². The molecule has 4 nitrogen and oxygen atoms in total. The van der Waals surface area contributed by atoms with Crippen LogP contribution in [0.25, 0.3) is 0 Å². The lowest BCUT2D eigenvalue weighted by Crippen LogP contribution is -2.44. The van der Waals surface area contributed by atoms with Gasteiger partial charge in [0.05, 0.1) is 0 Å². The average molecular weight is 218 g/mol. The summed E-state index contributed by atoms with van der Waals surface area (Å²) in [5.74, 6) is -0.598. The summed E-state index contributed by atoms with van der Waals surface area (Å²) in [6, 6.07) is 0. The number of unbranched alkanes of at least 4 members (excludes halogenated alkanes) is 1. The maximum Gasteiger partial charge on any atom is 0.260 e. The van der Waals surface area contributed by atoms with Crippen molar-refractivity contribution in [3.05, 3.63) is 24.4 Å². The van der Waals surface area contributed by atoms with Crippen molar-refractivity contribution in [2.75, 3.05) is 0 Å². The quantitative estimate of drug-likeness (QED) is 0.676. The second-order valence-electron chi connectivity index (χ2n) is 3.91. The molecule has 0 aromatic rings. The molecule has 4 heteroatoms. The molecule has 16 heavy (non-hydrogen) atoms. The van der Waals surface area contributed by atoms with Gasteiger partial charge in [0.1, 0.15) is 11.8 Å². The fourth-order valence-corrected chi connectivity index (χ4v) is 1.83. The zero-order valence-electron chi connectivity index (χ0n) is 9.22. The van der Waals surface area contributed by atoms with Gasteiger partial charge in [0.25, 0.3) is 5.91 Å². The van der Waals surface area contributed by atoms with Crippen LogP contribution in [0.5, 0.6) is 0 Å². The smallest absolute Gasteiger partial charge is 0.260 e. The number of allylic oxidation sites excluding steroid dienone is 2. The van der Waals surface area contributed by atoms with Crippen molar-refractivity contribution >= 4 is 17.6 Å². The minimum atomic E-state index is -0.583. The molecular formula is C12H14N2O2. The molecule has 0 bridgehead atoms. The number of nitrogens with zero attached hydrogens (tertiary/aromatic N) is 2. The van der Waals surface area contributed by atoms with Crippen LogP contribution >= 0.6 is 0 Å². The number of aliphatic imine (C=N–C) groups is 1. The Balaban J connectivity index is 2.22. The number of carbonyl (C=O) groups excluding carboxylic acids is 2. The van der Waals surface area contributed by atoms with E-state index in [1.807, 2.05) is 6.92 Å². The number of carbonyl (C=O) groups is 2. The second-order valence-corrected chi connectivity index (χ2v) is 3.91. The van der Waals surface area contributed by atoms with Crippen molar-refractivity contribution in [1.82, 2.24) is 4.90 Å². The molecule has 2 heterocycles. The van der Waals surface area contributed by atoms with E-state index >= 15 is 0 Å². The van der Waals surface area contributed by atoms with Gasteiger partial charge in [0.2, 0.25) is 5.91 Å². The minimum Gasteiger partial charge on any atom is -0.273 e. The minimum absolute atomic E-state index is 0.149. The van der Waals surface area contributed by atoms with Crippen LogP contribution in [0.15, 0.2) is 29.4 Å². The Morgan fingerprint density at radius 3 is 2.94 bits per heavy atom. The summed E-state index contributed by atoms with van der Waals surface area (Å²) in [5, 5.41) is 0. The topological polar surface area (TPSA) is 49.7 Å². The predicted molar refractivity (Wildman–Crippen MR) is 60.6 cm³/mol. The Bertz CT molecular complexity index is 407. The van der Waals surface area contributed by atoms with Crippen LogP contribution < -0.4 is 0 Å². The number of fused-ring (bicyclic) bond motifs is 1. The van der Waals surface area contributed by atoms with E-state index in [9.17, 15) is 9.59 Å². The molecule has 2 aliphatic rings. The number of hydrogen-bond acceptors (Lipinski definition) is 2. The number of rotatable bonds is 3. The van der Waals surface area contributed by atoms with Crippen LogP contribution in [-0.2, 0) is 9.59 Å². The van der Waals surface area contributed by atoms with E-state index in [1.165, 1.54) is 4.90 Å². The fourth-order valence-electron chi connectivity index (χ4n) is 1.83. The van der Waals surface area contributed by atoms with E-state index in [0.717, 1.165) is 12.8 Å².